The molecule has 0 spiro atoms. The summed E-state index contributed by atoms with van der Waals surface area (Å²) in [7, 11) is 0. The second-order valence-electron chi connectivity index (χ2n) is 10.3. The van der Waals surface area contributed by atoms with Crippen molar-refractivity contribution < 1.29 is 13.6 Å². The molecule has 1 aliphatic heterocycles. The third kappa shape index (κ3) is 4.73. The number of nitrogens with zero attached hydrogens (tertiary/aromatic N) is 4. The molecule has 9 nitrogen and oxygen atoms in total. The number of imidazole rings is 1. The number of carbonyl (C=O) groups is 1. The highest BCUT2D eigenvalue weighted by atomic mass is 19.2. The monoisotopic (exact) mass is 533 g/mol. The van der Waals surface area contributed by atoms with Gasteiger partial charge in [0.15, 0.2) is 17.3 Å². The van der Waals surface area contributed by atoms with Crippen molar-refractivity contribution in [1.29, 1.82) is 0 Å². The summed E-state index contributed by atoms with van der Waals surface area (Å²) < 4.78 is 30.4. The Morgan fingerprint density at radius 3 is 2.72 bits per heavy atom. The van der Waals surface area contributed by atoms with Crippen LogP contribution in [0.4, 0.5) is 19.3 Å². The summed E-state index contributed by atoms with van der Waals surface area (Å²) in [6.07, 6.45) is 5.96. The number of anilines is 1. The van der Waals surface area contributed by atoms with Crippen LogP contribution in [-0.4, -0.2) is 43.5 Å². The first-order valence-electron chi connectivity index (χ1n) is 13.2. The Morgan fingerprint density at radius 1 is 1.08 bits per heavy atom. The molecule has 0 bridgehead atoms. The van der Waals surface area contributed by atoms with E-state index in [1.54, 1.807) is 40.1 Å². The number of pyridine rings is 2. The first kappa shape index (κ1) is 25.0. The van der Waals surface area contributed by atoms with Crippen LogP contribution in [0.15, 0.2) is 53.6 Å². The Bertz CT molecular complexity index is 1590. The van der Waals surface area contributed by atoms with Crippen molar-refractivity contribution in [3.63, 3.8) is 0 Å². The van der Waals surface area contributed by atoms with Gasteiger partial charge in [-0.25, -0.2) is 23.4 Å². The molecule has 11 heteroatoms. The number of nitrogens with one attached hydrogen (secondary N) is 2. The highest BCUT2D eigenvalue weighted by molar-refractivity contribution is 5.75. The van der Waals surface area contributed by atoms with Gasteiger partial charge in [-0.05, 0) is 73.4 Å². The Hall–Kier alpha value is -4.28. The fourth-order valence-electron chi connectivity index (χ4n) is 6.02. The minimum Gasteiger partial charge on any atom is -0.397 e. The first-order chi connectivity index (χ1) is 18.9. The number of hydrogen-bond donors (Lipinski definition) is 3. The summed E-state index contributed by atoms with van der Waals surface area (Å²) in [5.74, 6) is -1.98. The molecule has 2 aliphatic rings. The Morgan fingerprint density at radius 2 is 1.90 bits per heavy atom. The number of urea groups is 1. The lowest BCUT2D eigenvalue weighted by atomic mass is 9.89. The number of amides is 2. The number of aromatic amines is 1. The lowest BCUT2D eigenvalue weighted by molar-refractivity contribution is 0.167. The lowest BCUT2D eigenvalue weighted by Gasteiger charge is -2.33. The maximum Gasteiger partial charge on any atom is 0.327 e. The highest BCUT2D eigenvalue weighted by Crippen LogP contribution is 2.37. The number of hydrogen-bond acceptors (Lipinski definition) is 5. The van der Waals surface area contributed by atoms with Gasteiger partial charge < -0.3 is 16.0 Å². The molecule has 39 heavy (non-hydrogen) atoms. The summed E-state index contributed by atoms with van der Waals surface area (Å²) in [5, 5.41) is 3.12. The van der Waals surface area contributed by atoms with Gasteiger partial charge >= 0.3 is 11.7 Å². The van der Waals surface area contributed by atoms with Gasteiger partial charge in [0.25, 0.3) is 0 Å². The Labute approximate surface area is 223 Å². The van der Waals surface area contributed by atoms with Gasteiger partial charge in [-0.1, -0.05) is 12.1 Å². The van der Waals surface area contributed by atoms with Gasteiger partial charge in [0.1, 0.15) is 0 Å². The molecule has 4 N–H and O–H groups in total. The molecule has 1 fully saturated rings. The first-order valence-corrected chi connectivity index (χ1v) is 13.2. The van der Waals surface area contributed by atoms with Gasteiger partial charge in [-0.3, -0.25) is 14.5 Å². The van der Waals surface area contributed by atoms with Crippen molar-refractivity contribution in [2.24, 2.45) is 0 Å². The second-order valence-corrected chi connectivity index (χ2v) is 10.3. The average molecular weight is 534 g/mol. The fourth-order valence-corrected chi connectivity index (χ4v) is 6.02. The van der Waals surface area contributed by atoms with Crippen molar-refractivity contribution in [2.75, 3.05) is 18.8 Å². The van der Waals surface area contributed by atoms with Crippen LogP contribution in [0.25, 0.3) is 11.2 Å². The van der Waals surface area contributed by atoms with Crippen LogP contribution in [-0.2, 0) is 6.42 Å². The van der Waals surface area contributed by atoms with Gasteiger partial charge in [0, 0.05) is 25.3 Å². The van der Waals surface area contributed by atoms with Crippen LogP contribution in [0, 0.1) is 11.6 Å². The molecule has 1 aliphatic carbocycles. The largest absolute Gasteiger partial charge is 0.397 e. The zero-order valence-corrected chi connectivity index (χ0v) is 21.2. The van der Waals surface area contributed by atoms with E-state index < -0.39 is 17.7 Å². The molecule has 3 aromatic heterocycles. The molecule has 2 atom stereocenters. The van der Waals surface area contributed by atoms with Crippen molar-refractivity contribution in [3.05, 3.63) is 87.7 Å². The molecule has 1 saturated heterocycles. The number of benzene rings is 1. The Kier molecular flexibility index (Phi) is 6.49. The molecule has 6 rings (SSSR count). The number of carbonyl (C=O) groups excluding carboxylic acids is 1. The van der Waals surface area contributed by atoms with Gasteiger partial charge in [-0.15, -0.1) is 0 Å². The van der Waals surface area contributed by atoms with E-state index in [9.17, 15) is 18.4 Å². The Balaban J connectivity index is 1.17. The van der Waals surface area contributed by atoms with E-state index in [0.29, 0.717) is 67.8 Å². The summed E-state index contributed by atoms with van der Waals surface area (Å²) >= 11 is 0. The predicted octanol–water partition coefficient (Wildman–Crippen LogP) is 4.19. The lowest BCUT2D eigenvalue weighted by Crippen LogP contribution is -2.46. The molecule has 1 aromatic carbocycles. The second kappa shape index (κ2) is 10.1. The molecule has 4 heterocycles. The number of halogens is 2. The maximum atomic E-state index is 14.7. The van der Waals surface area contributed by atoms with Crippen molar-refractivity contribution >= 4 is 22.9 Å². The standard InChI is InChI=1S/C28H29F2N7O2/c29-21-4-1-3-20(24(21)30)16-6-7-22(25-17(13-16)14-18(31)15-33-25)34-27(38)36-11-8-19(9-12-36)37-23-5-2-10-32-26(23)35-28(37)39/h1-5,10,14-16,19,22H,6-9,11-13,31H2,(H,34,38)(H,32,35,39)/t16-,22-/m1/s1. The molecule has 2 amide bonds. The van der Waals surface area contributed by atoms with Crippen molar-refractivity contribution in [1.82, 2.24) is 29.7 Å². The van der Waals surface area contributed by atoms with Crippen LogP contribution in [0.1, 0.15) is 60.5 Å². The maximum absolute atomic E-state index is 14.7. The number of aromatic nitrogens is 4. The molecule has 0 radical (unpaired) electrons. The van der Waals surface area contributed by atoms with E-state index >= 15 is 0 Å². The number of nitrogens with two attached hydrogens (primary N) is 1. The molecule has 0 unspecified atom stereocenters. The van der Waals surface area contributed by atoms with E-state index in [1.807, 2.05) is 6.07 Å². The zero-order valence-electron chi connectivity index (χ0n) is 21.2. The molecular formula is C28H29F2N7O2. The van der Waals surface area contributed by atoms with Crippen LogP contribution in [0.3, 0.4) is 0 Å². The molecular weight excluding hydrogens is 504 g/mol. The summed E-state index contributed by atoms with van der Waals surface area (Å²) in [5.41, 5.74) is 9.44. The van der Waals surface area contributed by atoms with E-state index in [1.165, 1.54) is 6.07 Å². The predicted molar refractivity (Wildman–Crippen MR) is 142 cm³/mol. The van der Waals surface area contributed by atoms with Crippen molar-refractivity contribution in [3.8, 4) is 0 Å². The zero-order chi connectivity index (χ0) is 27.1. The van der Waals surface area contributed by atoms with Crippen LogP contribution < -0.4 is 16.7 Å². The fraction of sp³-hybridized carbons (Fsp3) is 0.357. The smallest absolute Gasteiger partial charge is 0.327 e. The van der Waals surface area contributed by atoms with Gasteiger partial charge in [0.05, 0.1) is 29.1 Å². The average Bonchev–Trinajstić information content (AvgIpc) is 3.17. The molecule has 4 aromatic rings. The van der Waals surface area contributed by atoms with Crippen molar-refractivity contribution in [2.45, 2.75) is 50.1 Å². The summed E-state index contributed by atoms with van der Waals surface area (Å²) in [4.78, 5) is 39.2. The normalized spacial score (nSPS) is 20.0. The molecule has 202 valence electrons. The minimum absolute atomic E-state index is 0.0373. The van der Waals surface area contributed by atoms with Crippen LogP contribution >= 0.6 is 0 Å². The summed E-state index contributed by atoms with van der Waals surface area (Å²) in [6, 6.07) is 9.06. The van der Waals surface area contributed by atoms with Gasteiger partial charge in [-0.2, -0.15) is 0 Å². The third-order valence-corrected chi connectivity index (χ3v) is 7.95. The van der Waals surface area contributed by atoms with Crippen LogP contribution in [0.2, 0.25) is 0 Å². The number of nitrogen functional groups attached to an aromatic ring is 1. The van der Waals surface area contributed by atoms with E-state index in [0.717, 1.165) is 17.1 Å². The number of likely N-dealkylation sites (tertiary alicyclic amines) is 1. The van der Waals surface area contributed by atoms with Crippen LogP contribution in [0.5, 0.6) is 0 Å². The highest BCUT2D eigenvalue weighted by Gasteiger charge is 2.32. The minimum atomic E-state index is -0.873. The number of H-pyrrole nitrogens is 1. The SMILES string of the molecule is Nc1cnc2c(c1)C[C@H](c1cccc(F)c1F)CC[C@H]2NC(=O)N1CCC(n2c(=O)[nH]c3ncccc32)CC1. The van der Waals surface area contributed by atoms with E-state index in [-0.39, 0.29) is 23.7 Å². The molecule has 0 saturated carbocycles. The number of fused-ring (bicyclic) bond motifs is 2. The third-order valence-electron chi connectivity index (χ3n) is 7.95. The quantitative estimate of drug-likeness (QED) is 0.341. The van der Waals surface area contributed by atoms with E-state index in [2.05, 4.69) is 20.3 Å². The van der Waals surface area contributed by atoms with Gasteiger partial charge in [0.2, 0.25) is 0 Å². The topological polar surface area (TPSA) is 122 Å². The van der Waals surface area contributed by atoms with E-state index in [4.69, 9.17) is 5.73 Å². The number of rotatable bonds is 3. The number of piperidine rings is 1. The summed E-state index contributed by atoms with van der Waals surface area (Å²) in [6.45, 7) is 0.976.